The smallest absolute Gasteiger partial charge is 0.320 e. The standard InChI is InChI=1S/C13H18ClNO3/c1-6-7(2)12(18-4)11(14)8(3)9(6)5-10(15)13(16)17/h10H,5,15H2,1-4H3,(H,16,17). The Kier molecular flexibility index (Phi) is 4.59. The van der Waals surface area contributed by atoms with Crippen LogP contribution in [-0.2, 0) is 11.2 Å². The number of aliphatic carboxylic acids is 1. The first-order valence-electron chi connectivity index (χ1n) is 5.61. The number of ether oxygens (including phenoxy) is 1. The minimum Gasteiger partial charge on any atom is -0.495 e. The molecule has 1 unspecified atom stereocenters. The number of carbonyl (C=O) groups is 1. The highest BCUT2D eigenvalue weighted by atomic mass is 35.5. The zero-order valence-corrected chi connectivity index (χ0v) is 11.8. The van der Waals surface area contributed by atoms with E-state index in [1.807, 2.05) is 20.8 Å². The van der Waals surface area contributed by atoms with Gasteiger partial charge in [0.25, 0.3) is 0 Å². The second kappa shape index (κ2) is 5.59. The second-order valence-corrected chi connectivity index (χ2v) is 4.73. The zero-order chi connectivity index (χ0) is 14.0. The van der Waals surface area contributed by atoms with Gasteiger partial charge in [-0.1, -0.05) is 11.6 Å². The molecule has 0 aliphatic carbocycles. The molecule has 1 aromatic rings. The van der Waals surface area contributed by atoms with E-state index in [9.17, 15) is 4.79 Å². The summed E-state index contributed by atoms with van der Waals surface area (Å²) in [5.41, 5.74) is 9.19. The fourth-order valence-corrected chi connectivity index (χ4v) is 2.33. The van der Waals surface area contributed by atoms with E-state index >= 15 is 0 Å². The van der Waals surface area contributed by atoms with E-state index in [2.05, 4.69) is 0 Å². The minimum atomic E-state index is -1.02. The molecule has 1 aromatic carbocycles. The quantitative estimate of drug-likeness (QED) is 0.881. The third-order valence-corrected chi connectivity index (χ3v) is 3.74. The molecule has 0 heterocycles. The molecule has 0 fully saturated rings. The molecule has 0 saturated heterocycles. The average molecular weight is 272 g/mol. The van der Waals surface area contributed by atoms with Gasteiger partial charge in [0.05, 0.1) is 12.1 Å². The maximum atomic E-state index is 10.8. The molecule has 0 radical (unpaired) electrons. The first-order valence-corrected chi connectivity index (χ1v) is 5.99. The molecule has 100 valence electrons. The number of nitrogens with two attached hydrogens (primary N) is 1. The van der Waals surface area contributed by atoms with Crippen LogP contribution in [-0.4, -0.2) is 24.2 Å². The van der Waals surface area contributed by atoms with Crippen LogP contribution in [0.5, 0.6) is 5.75 Å². The van der Waals surface area contributed by atoms with Gasteiger partial charge in [0.1, 0.15) is 11.8 Å². The van der Waals surface area contributed by atoms with Gasteiger partial charge in [-0.15, -0.1) is 0 Å². The molecule has 0 aliphatic rings. The van der Waals surface area contributed by atoms with E-state index in [1.54, 1.807) is 7.11 Å². The summed E-state index contributed by atoms with van der Waals surface area (Å²) in [6.45, 7) is 5.67. The van der Waals surface area contributed by atoms with Crippen molar-refractivity contribution in [2.75, 3.05) is 7.11 Å². The number of carboxylic acids is 1. The van der Waals surface area contributed by atoms with Crippen molar-refractivity contribution in [3.8, 4) is 5.75 Å². The molecule has 5 heteroatoms. The van der Waals surface area contributed by atoms with Crippen molar-refractivity contribution in [3.63, 3.8) is 0 Å². The number of rotatable bonds is 4. The minimum absolute atomic E-state index is 0.261. The number of hydrogen-bond donors (Lipinski definition) is 2. The molecule has 0 bridgehead atoms. The predicted molar refractivity (Wildman–Crippen MR) is 71.5 cm³/mol. The molecule has 0 amide bonds. The van der Waals surface area contributed by atoms with E-state index in [4.69, 9.17) is 27.2 Å². The fraction of sp³-hybridized carbons (Fsp3) is 0.462. The van der Waals surface area contributed by atoms with Crippen LogP contribution in [0.15, 0.2) is 0 Å². The lowest BCUT2D eigenvalue weighted by atomic mass is 9.92. The summed E-state index contributed by atoms with van der Waals surface area (Å²) in [7, 11) is 1.57. The molecule has 1 rings (SSSR count). The number of methoxy groups -OCH3 is 1. The Labute approximate surface area is 112 Å². The molecular formula is C13H18ClNO3. The Morgan fingerprint density at radius 1 is 1.33 bits per heavy atom. The van der Waals surface area contributed by atoms with Crippen molar-refractivity contribution in [2.24, 2.45) is 5.73 Å². The van der Waals surface area contributed by atoms with Crippen LogP contribution >= 0.6 is 11.6 Å². The largest absolute Gasteiger partial charge is 0.495 e. The van der Waals surface area contributed by atoms with Gasteiger partial charge in [-0.05, 0) is 49.4 Å². The van der Waals surface area contributed by atoms with Gasteiger partial charge in [0.15, 0.2) is 0 Å². The normalized spacial score (nSPS) is 12.3. The number of carboxylic acid groups (broad SMARTS) is 1. The number of benzene rings is 1. The molecule has 1 atom stereocenters. The van der Waals surface area contributed by atoms with Crippen molar-refractivity contribution in [1.29, 1.82) is 0 Å². The van der Waals surface area contributed by atoms with Crippen molar-refractivity contribution >= 4 is 17.6 Å². The monoisotopic (exact) mass is 271 g/mol. The highest BCUT2D eigenvalue weighted by molar-refractivity contribution is 6.33. The van der Waals surface area contributed by atoms with Gasteiger partial charge in [-0.25, -0.2) is 0 Å². The summed E-state index contributed by atoms with van der Waals surface area (Å²) in [6, 6.07) is -0.925. The first kappa shape index (κ1) is 14.8. The molecule has 0 spiro atoms. The van der Waals surface area contributed by atoms with Gasteiger partial charge in [0.2, 0.25) is 0 Å². The molecule has 18 heavy (non-hydrogen) atoms. The molecule has 0 saturated carbocycles. The zero-order valence-electron chi connectivity index (χ0n) is 11.0. The van der Waals surface area contributed by atoms with Crippen LogP contribution in [0.3, 0.4) is 0 Å². The van der Waals surface area contributed by atoms with Gasteiger partial charge in [0, 0.05) is 0 Å². The third kappa shape index (κ3) is 2.60. The van der Waals surface area contributed by atoms with Crippen LogP contribution in [0, 0.1) is 20.8 Å². The fourth-order valence-electron chi connectivity index (χ4n) is 2.00. The van der Waals surface area contributed by atoms with Crippen molar-refractivity contribution in [2.45, 2.75) is 33.2 Å². The average Bonchev–Trinajstić information content (AvgIpc) is 2.32. The predicted octanol–water partition coefficient (Wildman–Crippen LogP) is 2.23. The summed E-state index contributed by atoms with van der Waals surface area (Å²) in [4.78, 5) is 10.8. The van der Waals surface area contributed by atoms with Crippen LogP contribution in [0.4, 0.5) is 0 Å². The maximum absolute atomic E-state index is 10.8. The van der Waals surface area contributed by atoms with E-state index in [0.717, 1.165) is 22.3 Å². The molecule has 4 nitrogen and oxygen atoms in total. The molecule has 3 N–H and O–H groups in total. The number of halogens is 1. The molecular weight excluding hydrogens is 254 g/mol. The van der Waals surface area contributed by atoms with Crippen LogP contribution in [0.2, 0.25) is 5.02 Å². The Bertz CT molecular complexity index is 457. The summed E-state index contributed by atoms with van der Waals surface area (Å²) in [5, 5.41) is 9.40. The lowest BCUT2D eigenvalue weighted by Crippen LogP contribution is -2.32. The van der Waals surface area contributed by atoms with Gasteiger partial charge in [-0.3, -0.25) is 4.79 Å². The highest BCUT2D eigenvalue weighted by Gasteiger charge is 2.20. The first-order chi connectivity index (χ1) is 8.31. The van der Waals surface area contributed by atoms with Crippen molar-refractivity contribution in [3.05, 3.63) is 27.3 Å². The highest BCUT2D eigenvalue weighted by Crippen LogP contribution is 2.37. The Balaban J connectivity index is 3.33. The number of hydrogen-bond acceptors (Lipinski definition) is 3. The summed E-state index contributed by atoms with van der Waals surface area (Å²) >= 11 is 6.23. The Morgan fingerprint density at radius 3 is 2.33 bits per heavy atom. The van der Waals surface area contributed by atoms with E-state index in [0.29, 0.717) is 10.8 Å². The van der Waals surface area contributed by atoms with Crippen molar-refractivity contribution in [1.82, 2.24) is 0 Å². The van der Waals surface area contributed by atoms with E-state index in [-0.39, 0.29) is 6.42 Å². The lowest BCUT2D eigenvalue weighted by Gasteiger charge is -2.19. The van der Waals surface area contributed by atoms with E-state index in [1.165, 1.54) is 0 Å². The van der Waals surface area contributed by atoms with Crippen LogP contribution in [0.25, 0.3) is 0 Å². The lowest BCUT2D eigenvalue weighted by molar-refractivity contribution is -0.138. The van der Waals surface area contributed by atoms with E-state index < -0.39 is 12.0 Å². The summed E-state index contributed by atoms with van der Waals surface area (Å²) < 4.78 is 5.27. The van der Waals surface area contributed by atoms with Crippen molar-refractivity contribution < 1.29 is 14.6 Å². The van der Waals surface area contributed by atoms with Crippen LogP contribution < -0.4 is 10.5 Å². The van der Waals surface area contributed by atoms with Gasteiger partial charge < -0.3 is 15.6 Å². The van der Waals surface area contributed by atoms with Crippen LogP contribution in [0.1, 0.15) is 22.3 Å². The van der Waals surface area contributed by atoms with Gasteiger partial charge in [-0.2, -0.15) is 0 Å². The third-order valence-electron chi connectivity index (χ3n) is 3.28. The van der Waals surface area contributed by atoms with Gasteiger partial charge >= 0.3 is 5.97 Å². The SMILES string of the molecule is COc1c(C)c(C)c(CC(N)C(=O)O)c(C)c1Cl. The Morgan fingerprint density at radius 2 is 1.89 bits per heavy atom. The topological polar surface area (TPSA) is 72.5 Å². The Hall–Kier alpha value is -1.26. The maximum Gasteiger partial charge on any atom is 0.320 e. The molecule has 0 aromatic heterocycles. The summed E-state index contributed by atoms with van der Waals surface area (Å²) in [6.07, 6.45) is 0.261. The molecule has 0 aliphatic heterocycles. The second-order valence-electron chi connectivity index (χ2n) is 4.35. The summed E-state index contributed by atoms with van der Waals surface area (Å²) in [5.74, 6) is -0.377.